The smallest absolute Gasteiger partial charge is 0.407 e. The minimum atomic E-state index is -1.15. The van der Waals surface area contributed by atoms with Crippen LogP contribution in [0, 0.1) is 0 Å². The average molecular weight is 498 g/mol. The van der Waals surface area contributed by atoms with Crippen molar-refractivity contribution < 1.29 is 24.2 Å². The molecule has 8 nitrogen and oxygen atoms in total. The number of carbonyl (C=O) groups is 2. The summed E-state index contributed by atoms with van der Waals surface area (Å²) in [6, 6.07) is 20.4. The lowest BCUT2D eigenvalue weighted by Gasteiger charge is -2.18. The number of carbonyl (C=O) groups excluding carboxylic acids is 1. The molecule has 2 N–H and O–H groups in total. The predicted molar refractivity (Wildman–Crippen MR) is 138 cm³/mol. The van der Waals surface area contributed by atoms with Crippen LogP contribution in [-0.4, -0.2) is 46.5 Å². The van der Waals surface area contributed by atoms with E-state index in [0.717, 1.165) is 33.4 Å². The van der Waals surface area contributed by atoms with Gasteiger partial charge in [-0.2, -0.15) is 0 Å². The van der Waals surface area contributed by atoms with E-state index < -0.39 is 18.1 Å². The average Bonchev–Trinajstić information content (AvgIpc) is 3.53. The summed E-state index contributed by atoms with van der Waals surface area (Å²) in [5.41, 5.74) is 6.07. The Balaban J connectivity index is 1.26. The summed E-state index contributed by atoms with van der Waals surface area (Å²) in [6.45, 7) is 0.637. The molecule has 1 atom stereocenters. The van der Waals surface area contributed by atoms with Gasteiger partial charge in [0.1, 0.15) is 18.4 Å². The fraction of sp³-hybridized carbons (Fsp3) is 0.207. The number of hydrogen-bond acceptors (Lipinski definition) is 5. The number of nitrogens with zero attached hydrogens (tertiary/aromatic N) is 2. The van der Waals surface area contributed by atoms with Crippen LogP contribution >= 0.6 is 0 Å². The lowest BCUT2D eigenvalue weighted by Crippen LogP contribution is -2.42. The standard InChI is InChI=1S/C29H27N3O5/c1-36-27-11-10-19(14-20(27)16-32-13-12-30-18-32)15-26(28(33)34)31-29(35)37-17-25-23-8-4-2-6-21(23)22-7-3-5-9-24(22)25/h2-14,18,25-26H,15-17H2,1H3,(H,31,35)(H,33,34). The molecule has 1 aliphatic carbocycles. The van der Waals surface area contributed by atoms with Crippen LogP contribution in [0.5, 0.6) is 5.75 Å². The molecule has 188 valence electrons. The van der Waals surface area contributed by atoms with Crippen LogP contribution in [0.3, 0.4) is 0 Å². The van der Waals surface area contributed by atoms with Crippen molar-refractivity contribution in [2.45, 2.75) is 24.9 Å². The van der Waals surface area contributed by atoms with Gasteiger partial charge in [-0.05, 0) is 33.9 Å². The zero-order valence-electron chi connectivity index (χ0n) is 20.3. The predicted octanol–water partition coefficient (Wildman–Crippen LogP) is 4.47. The van der Waals surface area contributed by atoms with Crippen LogP contribution in [0.2, 0.25) is 0 Å². The van der Waals surface area contributed by atoms with E-state index in [9.17, 15) is 14.7 Å². The number of ether oxygens (including phenoxy) is 2. The first-order valence-corrected chi connectivity index (χ1v) is 12.0. The molecule has 4 aromatic rings. The van der Waals surface area contributed by atoms with Gasteiger partial charge in [-0.15, -0.1) is 0 Å². The number of benzene rings is 3. The van der Waals surface area contributed by atoms with E-state index in [0.29, 0.717) is 12.3 Å². The minimum absolute atomic E-state index is 0.0977. The van der Waals surface area contributed by atoms with E-state index in [1.807, 2.05) is 53.2 Å². The number of rotatable bonds is 9. The van der Waals surface area contributed by atoms with Crippen molar-refractivity contribution in [1.29, 1.82) is 0 Å². The van der Waals surface area contributed by atoms with Crippen molar-refractivity contribution in [3.05, 3.63) is 108 Å². The Morgan fingerprint density at radius 1 is 1.05 bits per heavy atom. The highest BCUT2D eigenvalue weighted by Gasteiger charge is 2.30. The SMILES string of the molecule is COc1ccc(CC(NC(=O)OCC2c3ccccc3-c3ccccc32)C(=O)O)cc1Cn1ccnc1. The second-order valence-electron chi connectivity index (χ2n) is 8.95. The number of amides is 1. The van der Waals surface area contributed by atoms with Crippen LogP contribution in [-0.2, 0) is 22.5 Å². The van der Waals surface area contributed by atoms with E-state index in [2.05, 4.69) is 22.4 Å². The second-order valence-corrected chi connectivity index (χ2v) is 8.95. The van der Waals surface area contributed by atoms with Crippen LogP contribution in [0.1, 0.15) is 28.2 Å². The van der Waals surface area contributed by atoms with Crippen molar-refractivity contribution in [3.8, 4) is 16.9 Å². The van der Waals surface area contributed by atoms with Crippen LogP contribution < -0.4 is 10.1 Å². The molecule has 0 radical (unpaired) electrons. The Labute approximate surface area is 214 Å². The third kappa shape index (κ3) is 5.18. The highest BCUT2D eigenvalue weighted by Crippen LogP contribution is 2.44. The number of methoxy groups -OCH3 is 1. The van der Waals surface area contributed by atoms with E-state index in [1.165, 1.54) is 0 Å². The summed E-state index contributed by atoms with van der Waals surface area (Å²) < 4.78 is 12.9. The largest absolute Gasteiger partial charge is 0.496 e. The van der Waals surface area contributed by atoms with Crippen molar-refractivity contribution in [3.63, 3.8) is 0 Å². The molecule has 0 bridgehead atoms. The van der Waals surface area contributed by atoms with E-state index in [1.54, 1.807) is 31.8 Å². The van der Waals surface area contributed by atoms with Crippen molar-refractivity contribution in [2.75, 3.05) is 13.7 Å². The summed E-state index contributed by atoms with van der Waals surface area (Å²) in [6.07, 6.45) is 4.56. The zero-order chi connectivity index (χ0) is 25.8. The number of aliphatic carboxylic acids is 1. The normalized spacial score (nSPS) is 12.9. The number of nitrogens with one attached hydrogen (secondary N) is 1. The maximum atomic E-state index is 12.7. The lowest BCUT2D eigenvalue weighted by atomic mass is 9.98. The maximum absolute atomic E-state index is 12.7. The Hall–Kier alpha value is -4.59. The quantitative estimate of drug-likeness (QED) is 0.354. The molecule has 1 aliphatic rings. The minimum Gasteiger partial charge on any atom is -0.496 e. The molecule has 0 fully saturated rings. The molecule has 0 spiro atoms. The summed E-state index contributed by atoms with van der Waals surface area (Å²) in [4.78, 5) is 28.7. The summed E-state index contributed by atoms with van der Waals surface area (Å²) >= 11 is 0. The maximum Gasteiger partial charge on any atom is 0.407 e. The number of alkyl carbamates (subject to hydrolysis) is 1. The molecule has 0 aliphatic heterocycles. The van der Waals surface area contributed by atoms with Crippen molar-refractivity contribution >= 4 is 12.1 Å². The van der Waals surface area contributed by atoms with Gasteiger partial charge in [-0.25, -0.2) is 14.6 Å². The molecule has 5 rings (SSSR count). The summed E-state index contributed by atoms with van der Waals surface area (Å²) in [5.74, 6) is -0.553. The second kappa shape index (κ2) is 10.6. The number of hydrogen-bond donors (Lipinski definition) is 2. The van der Waals surface area contributed by atoms with E-state index in [-0.39, 0.29) is 18.9 Å². The van der Waals surface area contributed by atoms with Crippen LogP contribution in [0.4, 0.5) is 4.79 Å². The fourth-order valence-corrected chi connectivity index (χ4v) is 4.88. The highest BCUT2D eigenvalue weighted by atomic mass is 16.5. The number of carboxylic acid groups (broad SMARTS) is 1. The van der Waals surface area contributed by atoms with Gasteiger partial charge in [0.25, 0.3) is 0 Å². The topological polar surface area (TPSA) is 103 Å². The number of imidazole rings is 1. The molecule has 3 aromatic carbocycles. The fourth-order valence-electron chi connectivity index (χ4n) is 4.88. The molecule has 1 heterocycles. The number of aromatic nitrogens is 2. The van der Waals surface area contributed by atoms with E-state index >= 15 is 0 Å². The van der Waals surface area contributed by atoms with Gasteiger partial charge in [0.05, 0.1) is 20.0 Å². The van der Waals surface area contributed by atoms with Gasteiger partial charge in [-0.1, -0.05) is 60.7 Å². The third-order valence-electron chi connectivity index (χ3n) is 6.63. The van der Waals surface area contributed by atoms with Gasteiger partial charge >= 0.3 is 12.1 Å². The molecule has 1 amide bonds. The molecular formula is C29H27N3O5. The Kier molecular flexibility index (Phi) is 6.89. The number of carboxylic acids is 1. The van der Waals surface area contributed by atoms with Crippen molar-refractivity contribution in [1.82, 2.24) is 14.9 Å². The summed E-state index contributed by atoms with van der Waals surface area (Å²) in [7, 11) is 1.59. The van der Waals surface area contributed by atoms with Gasteiger partial charge in [0, 0.05) is 30.3 Å². The molecule has 0 saturated carbocycles. The molecule has 0 saturated heterocycles. The molecular weight excluding hydrogens is 470 g/mol. The zero-order valence-corrected chi connectivity index (χ0v) is 20.3. The van der Waals surface area contributed by atoms with Gasteiger partial charge in [0.2, 0.25) is 0 Å². The monoisotopic (exact) mass is 497 g/mol. The van der Waals surface area contributed by atoms with Gasteiger partial charge < -0.3 is 24.5 Å². The summed E-state index contributed by atoms with van der Waals surface area (Å²) in [5, 5.41) is 12.3. The molecule has 1 unspecified atom stereocenters. The highest BCUT2D eigenvalue weighted by molar-refractivity contribution is 5.81. The molecule has 8 heteroatoms. The molecule has 1 aromatic heterocycles. The first kappa shape index (κ1) is 24.1. The van der Waals surface area contributed by atoms with E-state index in [4.69, 9.17) is 9.47 Å². The Morgan fingerprint density at radius 2 is 1.76 bits per heavy atom. The van der Waals surface area contributed by atoms with Crippen LogP contribution in [0.25, 0.3) is 11.1 Å². The van der Waals surface area contributed by atoms with Crippen molar-refractivity contribution in [2.24, 2.45) is 0 Å². The van der Waals surface area contributed by atoms with Gasteiger partial charge in [0.15, 0.2) is 0 Å². The third-order valence-corrected chi connectivity index (χ3v) is 6.63. The lowest BCUT2D eigenvalue weighted by molar-refractivity contribution is -0.139. The first-order valence-electron chi connectivity index (χ1n) is 12.0. The first-order chi connectivity index (χ1) is 18.0. The Bertz CT molecular complexity index is 1370. The molecule has 37 heavy (non-hydrogen) atoms. The van der Waals surface area contributed by atoms with Gasteiger partial charge in [-0.3, -0.25) is 0 Å². The Morgan fingerprint density at radius 3 is 2.38 bits per heavy atom. The van der Waals surface area contributed by atoms with Crippen LogP contribution in [0.15, 0.2) is 85.5 Å². The number of fused-ring (bicyclic) bond motifs is 3.